The van der Waals surface area contributed by atoms with Crippen molar-refractivity contribution in [3.63, 3.8) is 0 Å². The normalized spacial score (nSPS) is 10.4. The van der Waals surface area contributed by atoms with E-state index in [9.17, 15) is 13.6 Å². The molecular formula is C14H8Br2F2O2. The second-order valence-corrected chi connectivity index (χ2v) is 5.69. The van der Waals surface area contributed by atoms with Gasteiger partial charge in [-0.2, -0.15) is 0 Å². The number of benzene rings is 2. The van der Waals surface area contributed by atoms with Gasteiger partial charge in [-0.25, -0.2) is 8.78 Å². The molecule has 0 aromatic heterocycles. The van der Waals surface area contributed by atoms with Crippen molar-refractivity contribution >= 4 is 37.6 Å². The number of rotatable bonds is 3. The lowest BCUT2D eigenvalue weighted by molar-refractivity contribution is 0.103. The van der Waals surface area contributed by atoms with Crippen molar-refractivity contribution in [2.45, 2.75) is 0 Å². The zero-order chi connectivity index (χ0) is 14.9. The van der Waals surface area contributed by atoms with E-state index in [1.54, 1.807) is 12.1 Å². The number of ether oxygens (including phenoxy) is 1. The summed E-state index contributed by atoms with van der Waals surface area (Å²) in [7, 11) is 1.29. The summed E-state index contributed by atoms with van der Waals surface area (Å²) < 4.78 is 33.6. The van der Waals surface area contributed by atoms with E-state index in [0.29, 0.717) is 8.95 Å². The van der Waals surface area contributed by atoms with Crippen molar-refractivity contribution in [1.82, 2.24) is 0 Å². The van der Waals surface area contributed by atoms with E-state index in [2.05, 4.69) is 31.9 Å². The van der Waals surface area contributed by atoms with Crippen LogP contribution in [0.25, 0.3) is 0 Å². The highest BCUT2D eigenvalue weighted by molar-refractivity contribution is 9.11. The van der Waals surface area contributed by atoms with E-state index in [0.717, 1.165) is 12.1 Å². The number of halogens is 4. The van der Waals surface area contributed by atoms with Crippen LogP contribution in [0.4, 0.5) is 8.78 Å². The van der Waals surface area contributed by atoms with Gasteiger partial charge >= 0.3 is 0 Å². The Bertz CT molecular complexity index is 664. The quantitative estimate of drug-likeness (QED) is 0.690. The lowest BCUT2D eigenvalue weighted by Crippen LogP contribution is -2.09. The third-order valence-electron chi connectivity index (χ3n) is 2.65. The maximum absolute atomic E-state index is 13.9. The highest BCUT2D eigenvalue weighted by Crippen LogP contribution is 2.28. The van der Waals surface area contributed by atoms with E-state index in [1.165, 1.54) is 13.2 Å². The minimum absolute atomic E-state index is 0.0184. The molecule has 6 heteroatoms. The van der Waals surface area contributed by atoms with Crippen LogP contribution in [0.3, 0.4) is 0 Å². The summed E-state index contributed by atoms with van der Waals surface area (Å²) in [5.74, 6) is -2.64. The fraction of sp³-hybridized carbons (Fsp3) is 0.0714. The first-order valence-corrected chi connectivity index (χ1v) is 7.05. The lowest BCUT2D eigenvalue weighted by Gasteiger charge is -2.08. The number of ketones is 1. The second kappa shape index (κ2) is 6.01. The maximum atomic E-state index is 13.9. The van der Waals surface area contributed by atoms with Crippen LogP contribution in [0.15, 0.2) is 39.3 Å². The van der Waals surface area contributed by atoms with Crippen LogP contribution in [-0.2, 0) is 0 Å². The lowest BCUT2D eigenvalue weighted by atomic mass is 10.0. The molecule has 20 heavy (non-hydrogen) atoms. The Morgan fingerprint density at radius 3 is 2.25 bits per heavy atom. The first-order valence-electron chi connectivity index (χ1n) is 5.47. The Labute approximate surface area is 131 Å². The third kappa shape index (κ3) is 2.91. The Morgan fingerprint density at radius 2 is 1.70 bits per heavy atom. The zero-order valence-electron chi connectivity index (χ0n) is 10.2. The number of hydrogen-bond acceptors (Lipinski definition) is 2. The predicted octanol–water partition coefficient (Wildman–Crippen LogP) is 4.73. The molecule has 0 amide bonds. The molecule has 0 unspecified atom stereocenters. The number of carbonyl (C=O) groups excluding carboxylic acids is 1. The van der Waals surface area contributed by atoms with Crippen molar-refractivity contribution in [3.8, 4) is 5.75 Å². The molecule has 2 aromatic rings. The van der Waals surface area contributed by atoms with Crippen molar-refractivity contribution in [1.29, 1.82) is 0 Å². The van der Waals surface area contributed by atoms with E-state index >= 15 is 0 Å². The van der Waals surface area contributed by atoms with Crippen molar-refractivity contribution in [2.24, 2.45) is 0 Å². The third-order valence-corrected chi connectivity index (χ3v) is 3.84. The average molecular weight is 406 g/mol. The molecule has 0 spiro atoms. The van der Waals surface area contributed by atoms with Gasteiger partial charge in [-0.1, -0.05) is 31.9 Å². The summed E-state index contributed by atoms with van der Waals surface area (Å²) in [5, 5.41) is 0. The fourth-order valence-corrected chi connectivity index (χ4v) is 2.48. The molecule has 2 aromatic carbocycles. The molecule has 0 heterocycles. The summed E-state index contributed by atoms with van der Waals surface area (Å²) in [6.45, 7) is 0. The van der Waals surface area contributed by atoms with Gasteiger partial charge in [-0.15, -0.1) is 0 Å². The van der Waals surface area contributed by atoms with Crippen LogP contribution >= 0.6 is 31.9 Å². The first-order chi connectivity index (χ1) is 9.43. The van der Waals surface area contributed by atoms with Crippen LogP contribution in [-0.4, -0.2) is 12.9 Å². The van der Waals surface area contributed by atoms with Crippen molar-refractivity contribution in [3.05, 3.63) is 62.0 Å². The molecule has 2 nitrogen and oxygen atoms in total. The summed E-state index contributed by atoms with van der Waals surface area (Å²) in [4.78, 5) is 12.3. The van der Waals surface area contributed by atoms with E-state index in [4.69, 9.17) is 4.74 Å². The van der Waals surface area contributed by atoms with Gasteiger partial charge in [-0.3, -0.25) is 4.79 Å². The zero-order valence-corrected chi connectivity index (χ0v) is 13.4. The minimum Gasteiger partial charge on any atom is -0.497 e. The molecule has 2 rings (SSSR count). The Hall–Kier alpha value is -1.27. The Balaban J connectivity index is 2.56. The molecule has 104 valence electrons. The molecule has 0 saturated heterocycles. The van der Waals surface area contributed by atoms with E-state index < -0.39 is 23.0 Å². The Kier molecular flexibility index (Phi) is 4.55. The topological polar surface area (TPSA) is 26.3 Å². The first kappa shape index (κ1) is 15.1. The van der Waals surface area contributed by atoms with Gasteiger partial charge in [-0.05, 0) is 18.2 Å². The predicted molar refractivity (Wildman–Crippen MR) is 78.2 cm³/mol. The summed E-state index contributed by atoms with van der Waals surface area (Å²) in [6.07, 6.45) is 0. The molecule has 0 fully saturated rings. The monoisotopic (exact) mass is 404 g/mol. The SMILES string of the molecule is COc1cc(F)c(C(=O)c2cc(Br)ccc2Br)c(F)c1. The molecule has 0 radical (unpaired) electrons. The van der Waals surface area contributed by atoms with Crippen LogP contribution in [0.1, 0.15) is 15.9 Å². The van der Waals surface area contributed by atoms with E-state index in [1.807, 2.05) is 0 Å². The smallest absolute Gasteiger partial charge is 0.200 e. The van der Waals surface area contributed by atoms with Gasteiger partial charge in [0.2, 0.25) is 0 Å². The highest BCUT2D eigenvalue weighted by atomic mass is 79.9. The molecular weight excluding hydrogens is 398 g/mol. The van der Waals surface area contributed by atoms with Crippen molar-refractivity contribution in [2.75, 3.05) is 7.11 Å². The van der Waals surface area contributed by atoms with Crippen LogP contribution < -0.4 is 4.74 Å². The molecule has 0 aliphatic rings. The minimum atomic E-state index is -0.960. The maximum Gasteiger partial charge on any atom is 0.200 e. The van der Waals surface area contributed by atoms with Gasteiger partial charge in [0.15, 0.2) is 5.78 Å². The fourth-order valence-electron chi connectivity index (χ4n) is 1.69. The van der Waals surface area contributed by atoms with Gasteiger partial charge < -0.3 is 4.74 Å². The number of methoxy groups -OCH3 is 1. The Morgan fingerprint density at radius 1 is 1.10 bits per heavy atom. The van der Waals surface area contributed by atoms with Gasteiger partial charge in [0, 0.05) is 26.6 Å². The summed E-state index contributed by atoms with van der Waals surface area (Å²) in [6, 6.07) is 6.78. The second-order valence-electron chi connectivity index (χ2n) is 3.92. The summed E-state index contributed by atoms with van der Waals surface area (Å²) >= 11 is 6.41. The summed E-state index contributed by atoms with van der Waals surface area (Å²) in [5.41, 5.74) is -0.438. The molecule has 0 aliphatic carbocycles. The average Bonchev–Trinajstić information content (AvgIpc) is 2.40. The molecule has 0 saturated carbocycles. The molecule has 0 bridgehead atoms. The highest BCUT2D eigenvalue weighted by Gasteiger charge is 2.22. The van der Waals surface area contributed by atoms with E-state index in [-0.39, 0.29) is 11.3 Å². The van der Waals surface area contributed by atoms with Crippen LogP contribution in [0, 0.1) is 11.6 Å². The molecule has 0 atom stereocenters. The molecule has 0 aliphatic heterocycles. The van der Waals surface area contributed by atoms with Gasteiger partial charge in [0.1, 0.15) is 17.4 Å². The van der Waals surface area contributed by atoms with Gasteiger partial charge in [0.25, 0.3) is 0 Å². The molecule has 0 N–H and O–H groups in total. The van der Waals surface area contributed by atoms with Gasteiger partial charge in [0.05, 0.1) is 12.7 Å². The largest absolute Gasteiger partial charge is 0.497 e. The standard InChI is InChI=1S/C14H8Br2F2O2/c1-20-8-5-11(17)13(12(18)6-8)14(19)9-4-7(15)2-3-10(9)16/h2-6H,1H3. The van der Waals surface area contributed by atoms with Crippen LogP contribution in [0.2, 0.25) is 0 Å². The van der Waals surface area contributed by atoms with Crippen LogP contribution in [0.5, 0.6) is 5.75 Å². The number of carbonyl (C=O) groups is 1. The van der Waals surface area contributed by atoms with Crippen molar-refractivity contribution < 1.29 is 18.3 Å². The number of hydrogen-bond donors (Lipinski definition) is 0.